The van der Waals surface area contributed by atoms with E-state index < -0.39 is 5.97 Å². The van der Waals surface area contributed by atoms with Gasteiger partial charge in [0.15, 0.2) is 6.54 Å². The van der Waals surface area contributed by atoms with Crippen molar-refractivity contribution in [3.05, 3.63) is 40.8 Å². The van der Waals surface area contributed by atoms with Gasteiger partial charge in [0.25, 0.3) is 5.91 Å². The van der Waals surface area contributed by atoms with Gasteiger partial charge in [0, 0.05) is 23.8 Å². The number of likely N-dealkylation sites (tertiary alicyclic amines) is 1. The van der Waals surface area contributed by atoms with E-state index in [1.807, 2.05) is 36.6 Å². The Hall–Kier alpha value is -2.22. The summed E-state index contributed by atoms with van der Waals surface area (Å²) in [6.45, 7) is 6.81. The lowest BCUT2D eigenvalue weighted by Crippen LogP contribution is -3.18. The fourth-order valence-electron chi connectivity index (χ4n) is 3.97. The van der Waals surface area contributed by atoms with Crippen molar-refractivity contribution in [3.63, 3.8) is 0 Å². The third kappa shape index (κ3) is 5.47. The molecule has 1 aliphatic heterocycles. The molecular weight excluding hydrogens is 398 g/mol. The van der Waals surface area contributed by atoms with E-state index in [-0.39, 0.29) is 5.91 Å². The minimum absolute atomic E-state index is 0.0679. The summed E-state index contributed by atoms with van der Waals surface area (Å²) in [6, 6.07) is 8.52. The summed E-state index contributed by atoms with van der Waals surface area (Å²) < 4.78 is 5.29. The van der Waals surface area contributed by atoms with Gasteiger partial charge in [0.05, 0.1) is 39.8 Å². The van der Waals surface area contributed by atoms with E-state index >= 15 is 0 Å². The van der Waals surface area contributed by atoms with Crippen LogP contribution in [0.2, 0.25) is 0 Å². The monoisotopic (exact) mass is 431 g/mol. The number of thiophene rings is 1. The van der Waals surface area contributed by atoms with Gasteiger partial charge in [0.1, 0.15) is 10.6 Å². The van der Waals surface area contributed by atoms with Crippen LogP contribution in [-0.2, 0) is 9.53 Å². The molecular formula is C23H33N3O3S+2. The Morgan fingerprint density at radius 1 is 1.23 bits per heavy atom. The number of ether oxygens (including phenoxy) is 1. The maximum absolute atomic E-state index is 12.8. The van der Waals surface area contributed by atoms with Crippen LogP contribution in [0.5, 0.6) is 0 Å². The maximum atomic E-state index is 12.8. The van der Waals surface area contributed by atoms with Crippen LogP contribution in [0, 0.1) is 6.92 Å². The minimum atomic E-state index is -0.399. The van der Waals surface area contributed by atoms with E-state index in [4.69, 9.17) is 4.74 Å². The molecule has 1 unspecified atom stereocenters. The van der Waals surface area contributed by atoms with Gasteiger partial charge in [-0.25, -0.2) is 4.79 Å². The highest BCUT2D eigenvalue weighted by atomic mass is 32.1. The number of carbonyl (C=O) groups is 2. The molecule has 7 heteroatoms. The van der Waals surface area contributed by atoms with Crippen LogP contribution in [-0.4, -0.2) is 58.3 Å². The van der Waals surface area contributed by atoms with Gasteiger partial charge in [-0.2, -0.15) is 0 Å². The van der Waals surface area contributed by atoms with Gasteiger partial charge in [-0.3, -0.25) is 4.79 Å². The predicted octanol–water partition coefficient (Wildman–Crippen LogP) is 1.03. The largest absolute Gasteiger partial charge is 0.462 e. The molecule has 6 nitrogen and oxygen atoms in total. The van der Waals surface area contributed by atoms with Crippen LogP contribution >= 0.6 is 11.3 Å². The summed E-state index contributed by atoms with van der Waals surface area (Å²) in [7, 11) is 4.31. The Kier molecular flexibility index (Phi) is 7.64. The van der Waals surface area contributed by atoms with Crippen LogP contribution in [0.15, 0.2) is 29.6 Å². The van der Waals surface area contributed by atoms with Crippen molar-refractivity contribution < 1.29 is 24.1 Å². The number of anilines is 1. The fraction of sp³-hybridized carbons (Fsp3) is 0.478. The first kappa shape index (κ1) is 22.5. The molecule has 0 saturated carbocycles. The number of likely N-dealkylation sites (N-methyl/N-ethyl adjacent to an activating group) is 1. The van der Waals surface area contributed by atoms with Gasteiger partial charge >= 0.3 is 5.97 Å². The smallest absolute Gasteiger partial charge is 0.341 e. The van der Waals surface area contributed by atoms with Crippen LogP contribution in [0.3, 0.4) is 0 Å². The number of carbonyl (C=O) groups excluding carboxylic acids is 2. The summed E-state index contributed by atoms with van der Waals surface area (Å²) in [6.07, 6.45) is 2.27. The first-order chi connectivity index (χ1) is 14.4. The molecule has 0 spiro atoms. The Morgan fingerprint density at radius 3 is 2.53 bits per heavy atom. The highest BCUT2D eigenvalue weighted by molar-refractivity contribution is 7.15. The number of aryl methyl sites for hydroxylation is 1. The van der Waals surface area contributed by atoms with E-state index in [0.717, 1.165) is 42.6 Å². The van der Waals surface area contributed by atoms with Crippen molar-refractivity contribution in [1.82, 2.24) is 0 Å². The number of nitrogens with one attached hydrogen (secondary N) is 3. The first-order valence-corrected chi connectivity index (χ1v) is 11.6. The normalized spacial score (nSPS) is 19.9. The lowest BCUT2D eigenvalue weighted by atomic mass is 10.0. The van der Waals surface area contributed by atoms with Crippen LogP contribution in [0.4, 0.5) is 5.00 Å². The number of rotatable bonds is 7. The average molecular weight is 432 g/mol. The molecule has 1 aromatic heterocycles. The molecule has 3 N–H and O–H groups in total. The number of amides is 1. The highest BCUT2D eigenvalue weighted by Gasteiger charge is 2.28. The standard InChI is InChI=1S/C23H31N3O3S/c1-5-29-23(28)21-19(17-8-6-16(2)7-9-17)15-30-22(21)24-20(27)14-26(4)18-10-12-25(3)13-11-18/h6-9,15,18H,5,10-14H2,1-4H3,(H,24,27)/p+2. The lowest BCUT2D eigenvalue weighted by Gasteiger charge is -2.30. The van der Waals surface area contributed by atoms with Gasteiger partial charge in [-0.05, 0) is 19.4 Å². The quantitative estimate of drug-likeness (QED) is 0.574. The molecule has 30 heavy (non-hydrogen) atoms. The van der Waals surface area contributed by atoms with Crippen LogP contribution < -0.4 is 15.1 Å². The maximum Gasteiger partial charge on any atom is 0.341 e. The van der Waals surface area contributed by atoms with Gasteiger partial charge in [-0.15, -0.1) is 11.3 Å². The molecule has 162 valence electrons. The molecule has 1 atom stereocenters. The van der Waals surface area contributed by atoms with E-state index in [9.17, 15) is 9.59 Å². The average Bonchev–Trinajstić information content (AvgIpc) is 3.12. The summed E-state index contributed by atoms with van der Waals surface area (Å²) >= 11 is 1.38. The fourth-order valence-corrected chi connectivity index (χ4v) is 4.95. The topological polar surface area (TPSA) is 64.3 Å². The third-order valence-electron chi connectivity index (χ3n) is 5.86. The number of piperidine rings is 1. The van der Waals surface area contributed by atoms with Gasteiger partial charge in [-0.1, -0.05) is 29.8 Å². The SMILES string of the molecule is CCOC(=O)c1c(-c2ccc(C)cc2)csc1NC(=O)C[NH+](C)C1CC[NH+](C)CC1. The van der Waals surface area contributed by atoms with Gasteiger partial charge in [0.2, 0.25) is 0 Å². The Morgan fingerprint density at radius 2 is 1.90 bits per heavy atom. The van der Waals surface area contributed by atoms with Crippen molar-refractivity contribution in [2.45, 2.75) is 32.7 Å². The number of esters is 1. The summed E-state index contributed by atoms with van der Waals surface area (Å²) in [5.41, 5.74) is 3.34. The Balaban J connectivity index is 1.75. The predicted molar refractivity (Wildman–Crippen MR) is 120 cm³/mol. The van der Waals surface area contributed by atoms with Crippen molar-refractivity contribution in [3.8, 4) is 11.1 Å². The highest BCUT2D eigenvalue weighted by Crippen LogP contribution is 2.36. The number of quaternary nitrogens is 2. The minimum Gasteiger partial charge on any atom is -0.462 e. The van der Waals surface area contributed by atoms with Crippen molar-refractivity contribution in [1.29, 1.82) is 0 Å². The van der Waals surface area contributed by atoms with Crippen molar-refractivity contribution in [2.75, 3.05) is 45.7 Å². The van der Waals surface area contributed by atoms with Crippen LogP contribution in [0.25, 0.3) is 11.1 Å². The second-order valence-corrected chi connectivity index (χ2v) is 9.12. The Labute approximate surface area is 182 Å². The van der Waals surface area contributed by atoms with E-state index in [0.29, 0.717) is 29.8 Å². The van der Waals surface area contributed by atoms with E-state index in [2.05, 4.69) is 19.4 Å². The molecule has 1 aromatic carbocycles. The first-order valence-electron chi connectivity index (χ1n) is 10.7. The molecule has 2 heterocycles. The Bertz CT molecular complexity index is 870. The van der Waals surface area contributed by atoms with Crippen molar-refractivity contribution >= 4 is 28.2 Å². The second kappa shape index (κ2) is 10.2. The molecule has 1 aliphatic rings. The molecule has 2 aromatic rings. The zero-order chi connectivity index (χ0) is 21.7. The van der Waals surface area contributed by atoms with E-state index in [1.165, 1.54) is 16.2 Å². The number of hydrogen-bond acceptors (Lipinski definition) is 4. The molecule has 0 radical (unpaired) electrons. The molecule has 1 fully saturated rings. The summed E-state index contributed by atoms with van der Waals surface area (Å²) in [4.78, 5) is 28.3. The van der Waals surface area contributed by atoms with Crippen LogP contribution in [0.1, 0.15) is 35.7 Å². The zero-order valence-electron chi connectivity index (χ0n) is 18.3. The van der Waals surface area contributed by atoms with E-state index in [1.54, 1.807) is 11.8 Å². The molecule has 0 aliphatic carbocycles. The molecule has 0 bridgehead atoms. The number of benzene rings is 1. The zero-order valence-corrected chi connectivity index (χ0v) is 19.2. The summed E-state index contributed by atoms with van der Waals surface area (Å²) in [5, 5.41) is 5.47. The lowest BCUT2D eigenvalue weighted by molar-refractivity contribution is -0.935. The summed E-state index contributed by atoms with van der Waals surface area (Å²) in [5.74, 6) is -0.467. The number of hydrogen-bond donors (Lipinski definition) is 3. The molecule has 1 amide bonds. The third-order valence-corrected chi connectivity index (χ3v) is 6.76. The molecule has 3 rings (SSSR count). The van der Waals surface area contributed by atoms with Crippen molar-refractivity contribution in [2.24, 2.45) is 0 Å². The molecule has 1 saturated heterocycles. The van der Waals surface area contributed by atoms with Gasteiger partial charge < -0.3 is 19.9 Å². The second-order valence-electron chi connectivity index (χ2n) is 8.24.